The number of ether oxygens (including phenoxy) is 1. The predicted molar refractivity (Wildman–Crippen MR) is 77.3 cm³/mol. The van der Waals surface area contributed by atoms with Crippen molar-refractivity contribution in [2.45, 2.75) is 26.0 Å². The SMILES string of the molecule is CCCn1cc(C(O)c2ccc(Br)cc2OC)cn1. The maximum absolute atomic E-state index is 10.4. The summed E-state index contributed by atoms with van der Waals surface area (Å²) in [7, 11) is 1.60. The molecule has 0 bridgehead atoms. The average Bonchev–Trinajstić information content (AvgIpc) is 2.87. The van der Waals surface area contributed by atoms with Gasteiger partial charge in [0.25, 0.3) is 0 Å². The molecule has 1 atom stereocenters. The third-order valence-corrected chi connectivity index (χ3v) is 3.41. The zero-order valence-electron chi connectivity index (χ0n) is 11.0. The van der Waals surface area contributed by atoms with E-state index in [1.807, 2.05) is 29.1 Å². The normalized spacial score (nSPS) is 12.4. The van der Waals surface area contributed by atoms with Gasteiger partial charge in [-0.15, -0.1) is 0 Å². The van der Waals surface area contributed by atoms with Gasteiger partial charge >= 0.3 is 0 Å². The quantitative estimate of drug-likeness (QED) is 0.919. The van der Waals surface area contributed by atoms with Crippen LogP contribution in [0.5, 0.6) is 5.75 Å². The predicted octanol–water partition coefficient (Wildman–Crippen LogP) is 3.15. The molecule has 1 N–H and O–H groups in total. The highest BCUT2D eigenvalue weighted by Crippen LogP contribution is 2.32. The Morgan fingerprint density at radius 3 is 2.95 bits per heavy atom. The van der Waals surface area contributed by atoms with Crippen LogP contribution in [0, 0.1) is 0 Å². The second-order valence-corrected chi connectivity index (χ2v) is 5.24. The van der Waals surface area contributed by atoms with Crippen LogP contribution in [0.4, 0.5) is 0 Å². The van der Waals surface area contributed by atoms with E-state index in [4.69, 9.17) is 4.74 Å². The van der Waals surface area contributed by atoms with Gasteiger partial charge in [0.2, 0.25) is 0 Å². The zero-order valence-corrected chi connectivity index (χ0v) is 12.6. The molecule has 1 unspecified atom stereocenters. The monoisotopic (exact) mass is 324 g/mol. The van der Waals surface area contributed by atoms with E-state index in [1.165, 1.54) is 0 Å². The van der Waals surface area contributed by atoms with Gasteiger partial charge in [0.1, 0.15) is 11.9 Å². The first-order chi connectivity index (χ1) is 9.15. The molecule has 5 heteroatoms. The van der Waals surface area contributed by atoms with Crippen LogP contribution in [-0.2, 0) is 6.54 Å². The van der Waals surface area contributed by atoms with Gasteiger partial charge in [-0.1, -0.05) is 28.9 Å². The summed E-state index contributed by atoms with van der Waals surface area (Å²) in [5.74, 6) is 0.658. The molecule has 2 rings (SSSR count). The Kier molecular flexibility index (Phi) is 4.61. The number of benzene rings is 1. The Morgan fingerprint density at radius 1 is 1.47 bits per heavy atom. The minimum absolute atomic E-state index is 0.658. The van der Waals surface area contributed by atoms with Crippen molar-refractivity contribution in [1.82, 2.24) is 9.78 Å². The van der Waals surface area contributed by atoms with E-state index >= 15 is 0 Å². The molecule has 0 radical (unpaired) electrons. The second kappa shape index (κ2) is 6.21. The number of hydrogen-bond donors (Lipinski definition) is 1. The summed E-state index contributed by atoms with van der Waals surface area (Å²) in [5.41, 5.74) is 1.51. The van der Waals surface area contributed by atoms with E-state index in [1.54, 1.807) is 13.3 Å². The third-order valence-electron chi connectivity index (χ3n) is 2.91. The van der Waals surface area contributed by atoms with Crippen molar-refractivity contribution in [2.75, 3.05) is 7.11 Å². The van der Waals surface area contributed by atoms with E-state index in [2.05, 4.69) is 28.0 Å². The van der Waals surface area contributed by atoms with Gasteiger partial charge in [-0.05, 0) is 18.6 Å². The molecule has 4 nitrogen and oxygen atoms in total. The average molecular weight is 325 g/mol. The third kappa shape index (κ3) is 3.16. The van der Waals surface area contributed by atoms with E-state index in [0.29, 0.717) is 5.75 Å². The van der Waals surface area contributed by atoms with E-state index in [9.17, 15) is 5.11 Å². The van der Waals surface area contributed by atoms with Crippen LogP contribution in [0.1, 0.15) is 30.6 Å². The first-order valence-electron chi connectivity index (χ1n) is 6.19. The van der Waals surface area contributed by atoms with Crippen molar-refractivity contribution < 1.29 is 9.84 Å². The number of aromatic nitrogens is 2. The molecule has 1 heterocycles. The molecule has 0 saturated heterocycles. The number of methoxy groups -OCH3 is 1. The lowest BCUT2D eigenvalue weighted by atomic mass is 10.0. The molecular formula is C14H17BrN2O2. The summed E-state index contributed by atoms with van der Waals surface area (Å²) < 4.78 is 8.06. The molecule has 1 aromatic carbocycles. The summed E-state index contributed by atoms with van der Waals surface area (Å²) in [6, 6.07) is 5.58. The molecule has 0 fully saturated rings. The lowest BCUT2D eigenvalue weighted by Crippen LogP contribution is -2.02. The Labute approximate surface area is 121 Å². The van der Waals surface area contributed by atoms with Crippen molar-refractivity contribution in [3.63, 3.8) is 0 Å². The maximum Gasteiger partial charge on any atom is 0.126 e. The van der Waals surface area contributed by atoms with Crippen LogP contribution in [0.25, 0.3) is 0 Å². The minimum Gasteiger partial charge on any atom is -0.496 e. The largest absolute Gasteiger partial charge is 0.496 e. The van der Waals surface area contributed by atoms with Gasteiger partial charge in [0.05, 0.1) is 13.3 Å². The van der Waals surface area contributed by atoms with Crippen molar-refractivity contribution in [1.29, 1.82) is 0 Å². The first kappa shape index (κ1) is 14.1. The molecule has 0 amide bonds. The molecule has 0 aliphatic rings. The molecule has 0 aliphatic carbocycles. The van der Waals surface area contributed by atoms with Gasteiger partial charge in [-0.2, -0.15) is 5.10 Å². The number of hydrogen-bond acceptors (Lipinski definition) is 3. The number of aliphatic hydroxyl groups is 1. The Morgan fingerprint density at radius 2 is 2.26 bits per heavy atom. The van der Waals surface area contributed by atoms with E-state index < -0.39 is 6.10 Å². The van der Waals surface area contributed by atoms with Crippen molar-refractivity contribution in [2.24, 2.45) is 0 Å². The number of aliphatic hydroxyl groups excluding tert-OH is 1. The molecule has 1 aromatic heterocycles. The van der Waals surface area contributed by atoms with Crippen molar-refractivity contribution >= 4 is 15.9 Å². The van der Waals surface area contributed by atoms with Crippen LogP contribution in [-0.4, -0.2) is 22.0 Å². The Hall–Kier alpha value is -1.33. The standard InChI is InChI=1S/C14H17BrN2O2/c1-3-6-17-9-10(8-16-17)14(18)12-5-4-11(15)7-13(12)19-2/h4-5,7-9,14,18H,3,6H2,1-2H3. The van der Waals surface area contributed by atoms with Gasteiger partial charge in [-0.3, -0.25) is 4.68 Å². The van der Waals surface area contributed by atoms with Crippen LogP contribution in [0.15, 0.2) is 35.1 Å². The summed E-state index contributed by atoms with van der Waals surface area (Å²) in [5, 5.41) is 14.7. The van der Waals surface area contributed by atoms with Crippen molar-refractivity contribution in [3.05, 3.63) is 46.2 Å². The fourth-order valence-corrected chi connectivity index (χ4v) is 2.30. The highest BCUT2D eigenvalue weighted by Gasteiger charge is 2.17. The molecule has 19 heavy (non-hydrogen) atoms. The molecule has 102 valence electrons. The smallest absolute Gasteiger partial charge is 0.126 e. The summed E-state index contributed by atoms with van der Waals surface area (Å²) in [6.45, 7) is 2.94. The highest BCUT2D eigenvalue weighted by atomic mass is 79.9. The van der Waals surface area contributed by atoms with Gasteiger partial charge in [0, 0.05) is 28.3 Å². The number of rotatable bonds is 5. The molecule has 0 spiro atoms. The number of aryl methyl sites for hydroxylation is 1. The fraction of sp³-hybridized carbons (Fsp3) is 0.357. The van der Waals surface area contributed by atoms with Gasteiger partial charge in [0.15, 0.2) is 0 Å². The molecular weight excluding hydrogens is 308 g/mol. The zero-order chi connectivity index (χ0) is 13.8. The van der Waals surface area contributed by atoms with Crippen LogP contribution < -0.4 is 4.74 Å². The number of halogens is 1. The molecule has 0 saturated carbocycles. The topological polar surface area (TPSA) is 47.3 Å². The van der Waals surface area contributed by atoms with Gasteiger partial charge in [-0.25, -0.2) is 0 Å². The Balaban J connectivity index is 2.29. The summed E-state index contributed by atoms with van der Waals surface area (Å²) >= 11 is 3.39. The Bertz CT molecular complexity index is 554. The minimum atomic E-state index is -0.728. The van der Waals surface area contributed by atoms with E-state index in [-0.39, 0.29) is 0 Å². The molecule has 0 aliphatic heterocycles. The van der Waals surface area contributed by atoms with Crippen LogP contribution in [0.3, 0.4) is 0 Å². The molecule has 2 aromatic rings. The first-order valence-corrected chi connectivity index (χ1v) is 6.99. The fourth-order valence-electron chi connectivity index (χ4n) is 1.96. The lowest BCUT2D eigenvalue weighted by molar-refractivity contribution is 0.214. The van der Waals surface area contributed by atoms with E-state index in [0.717, 1.165) is 28.6 Å². The summed E-state index contributed by atoms with van der Waals surface area (Å²) in [4.78, 5) is 0. The lowest BCUT2D eigenvalue weighted by Gasteiger charge is -2.13. The van der Waals surface area contributed by atoms with Crippen molar-refractivity contribution in [3.8, 4) is 5.75 Å². The summed E-state index contributed by atoms with van der Waals surface area (Å²) in [6.07, 6.45) is 3.85. The van der Waals surface area contributed by atoms with Gasteiger partial charge < -0.3 is 9.84 Å². The van der Waals surface area contributed by atoms with Crippen LogP contribution >= 0.6 is 15.9 Å². The maximum atomic E-state index is 10.4. The highest BCUT2D eigenvalue weighted by molar-refractivity contribution is 9.10. The second-order valence-electron chi connectivity index (χ2n) is 4.33. The van der Waals surface area contributed by atoms with Crippen LogP contribution in [0.2, 0.25) is 0 Å². The number of nitrogens with zero attached hydrogens (tertiary/aromatic N) is 2.